The van der Waals surface area contributed by atoms with Gasteiger partial charge in [-0.15, -0.1) is 0 Å². The third-order valence-corrected chi connectivity index (χ3v) is 5.96. The Labute approximate surface area is 162 Å². The predicted molar refractivity (Wildman–Crippen MR) is 102 cm³/mol. The highest BCUT2D eigenvalue weighted by Crippen LogP contribution is 2.40. The second-order valence-electron chi connectivity index (χ2n) is 8.37. The molecule has 0 radical (unpaired) electrons. The molecule has 1 saturated heterocycles. The van der Waals surface area contributed by atoms with E-state index >= 15 is 0 Å². The quantitative estimate of drug-likeness (QED) is 0.699. The topological polar surface area (TPSA) is 95.0 Å². The molecule has 4 heterocycles. The fraction of sp³-hybridized carbons (Fsp3) is 0.632. The molecule has 2 aromatic heterocycles. The van der Waals surface area contributed by atoms with Gasteiger partial charge in [-0.25, -0.2) is 4.68 Å². The molecule has 2 aliphatic rings. The molecule has 0 bridgehead atoms. The Hall–Kier alpha value is -2.71. The minimum absolute atomic E-state index is 0.0823. The zero-order valence-corrected chi connectivity index (χ0v) is 16.6. The van der Waals surface area contributed by atoms with E-state index in [0.717, 1.165) is 18.5 Å². The van der Waals surface area contributed by atoms with Crippen molar-refractivity contribution in [2.45, 2.75) is 52.1 Å². The molecule has 150 valence electrons. The Bertz CT molecular complexity index is 1020. The molecule has 28 heavy (non-hydrogen) atoms. The summed E-state index contributed by atoms with van der Waals surface area (Å²) in [6.45, 7) is 5.53. The third kappa shape index (κ3) is 3.18. The van der Waals surface area contributed by atoms with E-state index < -0.39 is 11.1 Å². The molecule has 2 aliphatic heterocycles. The fourth-order valence-electron chi connectivity index (χ4n) is 4.31. The summed E-state index contributed by atoms with van der Waals surface area (Å²) in [5.74, 6) is 0.769. The van der Waals surface area contributed by atoms with E-state index in [-0.39, 0.29) is 17.4 Å². The summed E-state index contributed by atoms with van der Waals surface area (Å²) in [5, 5.41) is 8.73. The van der Waals surface area contributed by atoms with Crippen LogP contribution in [-0.2, 0) is 31.2 Å². The molecule has 0 atom stereocenters. The highest BCUT2D eigenvalue weighted by molar-refractivity contribution is 5.78. The van der Waals surface area contributed by atoms with Crippen LogP contribution in [0, 0.1) is 5.41 Å². The number of amides is 1. The predicted octanol–water partition coefficient (Wildman–Crippen LogP) is 0.127. The maximum absolute atomic E-state index is 12.6. The van der Waals surface area contributed by atoms with Gasteiger partial charge in [-0.2, -0.15) is 10.2 Å². The number of nitrogens with zero attached hydrogens (tertiary/aromatic N) is 6. The number of hydrogen-bond acceptors (Lipinski definition) is 5. The van der Waals surface area contributed by atoms with Crippen molar-refractivity contribution in [2.75, 3.05) is 13.1 Å². The second-order valence-corrected chi connectivity index (χ2v) is 8.37. The number of rotatable bonds is 3. The van der Waals surface area contributed by atoms with Gasteiger partial charge >= 0.3 is 11.1 Å². The largest absolute Gasteiger partial charge is 0.342 e. The van der Waals surface area contributed by atoms with Gasteiger partial charge in [0.1, 0.15) is 5.82 Å². The molecule has 1 amide bonds. The minimum Gasteiger partial charge on any atom is -0.342 e. The molecular weight excluding hydrogens is 360 g/mol. The first-order valence-corrected chi connectivity index (χ1v) is 9.77. The number of likely N-dealkylation sites (tertiary alicyclic amines) is 1. The van der Waals surface area contributed by atoms with Crippen LogP contribution >= 0.6 is 0 Å². The molecule has 1 fully saturated rings. The Morgan fingerprint density at radius 3 is 2.50 bits per heavy atom. The molecule has 0 unspecified atom stereocenters. The van der Waals surface area contributed by atoms with Crippen LogP contribution < -0.4 is 11.1 Å². The van der Waals surface area contributed by atoms with Crippen LogP contribution in [0.4, 0.5) is 0 Å². The van der Waals surface area contributed by atoms with Gasteiger partial charge in [0.05, 0.1) is 18.2 Å². The number of hydrogen-bond donors (Lipinski definition) is 0. The Morgan fingerprint density at radius 2 is 1.89 bits per heavy atom. The number of aromatic nitrogens is 5. The van der Waals surface area contributed by atoms with Gasteiger partial charge in [-0.05, 0) is 38.2 Å². The third-order valence-electron chi connectivity index (χ3n) is 5.96. The van der Waals surface area contributed by atoms with Crippen molar-refractivity contribution in [1.29, 1.82) is 0 Å². The number of piperidine rings is 1. The average molecular weight is 386 g/mol. The molecule has 4 rings (SSSR count). The van der Waals surface area contributed by atoms with Crippen LogP contribution in [0.25, 0.3) is 0 Å². The summed E-state index contributed by atoms with van der Waals surface area (Å²) in [6, 6.07) is 1.72. The van der Waals surface area contributed by atoms with Gasteiger partial charge < -0.3 is 4.90 Å². The van der Waals surface area contributed by atoms with Gasteiger partial charge in [0, 0.05) is 39.3 Å². The van der Waals surface area contributed by atoms with E-state index in [1.54, 1.807) is 9.25 Å². The van der Waals surface area contributed by atoms with Crippen molar-refractivity contribution in [3.05, 3.63) is 44.5 Å². The first-order chi connectivity index (χ1) is 13.3. The van der Waals surface area contributed by atoms with E-state index in [1.165, 1.54) is 4.68 Å². The van der Waals surface area contributed by atoms with Gasteiger partial charge in [-0.1, -0.05) is 0 Å². The molecular formula is C19H26N6O3. The Morgan fingerprint density at radius 1 is 1.18 bits per heavy atom. The first kappa shape index (κ1) is 18.6. The summed E-state index contributed by atoms with van der Waals surface area (Å²) in [5.41, 5.74) is -0.357. The zero-order valence-electron chi connectivity index (χ0n) is 16.6. The summed E-state index contributed by atoms with van der Waals surface area (Å²) in [7, 11) is 1.84. The number of carbonyl (C=O) groups is 1. The van der Waals surface area contributed by atoms with E-state index in [0.29, 0.717) is 38.3 Å². The summed E-state index contributed by atoms with van der Waals surface area (Å²) < 4.78 is 4.54. The molecule has 0 saturated carbocycles. The van der Waals surface area contributed by atoms with Crippen molar-refractivity contribution in [3.8, 4) is 0 Å². The Kier molecular flexibility index (Phi) is 4.47. The summed E-state index contributed by atoms with van der Waals surface area (Å²) in [4.78, 5) is 39.2. The highest BCUT2D eigenvalue weighted by atomic mass is 16.2. The number of fused-ring (bicyclic) bond motifs is 1. The van der Waals surface area contributed by atoms with Crippen LogP contribution in [0.15, 0.2) is 21.9 Å². The van der Waals surface area contributed by atoms with Crippen LogP contribution in [0.2, 0.25) is 0 Å². The molecule has 9 nitrogen and oxygen atoms in total. The standard InChI is InChI=1S/C19H26N6O3/c1-13(2)25-18(28)17(27)24-12-19(11-15(24)21-25)5-8-23(9-6-19)16(26)10-14-4-7-22(3)20-14/h4,7,13H,5-6,8-12H2,1-3H3. The smallest absolute Gasteiger partial charge is 0.332 e. The maximum atomic E-state index is 12.6. The lowest BCUT2D eigenvalue weighted by Gasteiger charge is -2.38. The van der Waals surface area contributed by atoms with E-state index in [9.17, 15) is 14.4 Å². The molecule has 2 aromatic rings. The Balaban J connectivity index is 1.46. The minimum atomic E-state index is -0.557. The molecule has 0 aromatic carbocycles. The van der Waals surface area contributed by atoms with E-state index in [2.05, 4.69) is 10.2 Å². The van der Waals surface area contributed by atoms with E-state index in [4.69, 9.17) is 0 Å². The van der Waals surface area contributed by atoms with Crippen LogP contribution in [-0.4, -0.2) is 48.0 Å². The van der Waals surface area contributed by atoms with Gasteiger partial charge in [0.2, 0.25) is 5.91 Å². The van der Waals surface area contributed by atoms with Gasteiger partial charge in [-0.3, -0.25) is 23.6 Å². The van der Waals surface area contributed by atoms with Gasteiger partial charge in [0.25, 0.3) is 0 Å². The van der Waals surface area contributed by atoms with Crippen molar-refractivity contribution < 1.29 is 4.79 Å². The zero-order chi connectivity index (χ0) is 20.1. The fourth-order valence-corrected chi connectivity index (χ4v) is 4.31. The second kappa shape index (κ2) is 6.72. The van der Waals surface area contributed by atoms with Crippen LogP contribution in [0.3, 0.4) is 0 Å². The maximum Gasteiger partial charge on any atom is 0.332 e. The molecule has 0 N–H and O–H groups in total. The van der Waals surface area contributed by atoms with Crippen molar-refractivity contribution >= 4 is 5.91 Å². The van der Waals surface area contributed by atoms with Crippen LogP contribution in [0.5, 0.6) is 0 Å². The normalized spacial score (nSPS) is 18.1. The lowest BCUT2D eigenvalue weighted by Crippen LogP contribution is -2.46. The lowest BCUT2D eigenvalue weighted by molar-refractivity contribution is -0.132. The van der Waals surface area contributed by atoms with Gasteiger partial charge in [0.15, 0.2) is 0 Å². The molecule has 1 spiro atoms. The van der Waals surface area contributed by atoms with Crippen molar-refractivity contribution in [3.63, 3.8) is 0 Å². The monoisotopic (exact) mass is 386 g/mol. The molecule has 0 aliphatic carbocycles. The van der Waals surface area contributed by atoms with Crippen LogP contribution in [0.1, 0.15) is 44.2 Å². The van der Waals surface area contributed by atoms with Crippen molar-refractivity contribution in [1.82, 2.24) is 29.0 Å². The SMILES string of the molecule is CC(C)n1nc2n(c(=O)c1=O)CC1(CCN(C(=O)Cc3ccn(C)n3)CC1)C2. The first-order valence-electron chi connectivity index (χ1n) is 9.77. The lowest BCUT2D eigenvalue weighted by atomic mass is 9.77. The number of carbonyl (C=O) groups excluding carboxylic acids is 1. The van der Waals surface area contributed by atoms with Crippen molar-refractivity contribution in [2.24, 2.45) is 12.5 Å². The average Bonchev–Trinajstić information content (AvgIpc) is 3.22. The molecule has 9 heteroatoms. The summed E-state index contributed by atoms with van der Waals surface area (Å²) >= 11 is 0. The summed E-state index contributed by atoms with van der Waals surface area (Å²) in [6.07, 6.45) is 4.43. The number of aryl methyl sites for hydroxylation is 1. The van der Waals surface area contributed by atoms with E-state index in [1.807, 2.05) is 38.1 Å². The highest BCUT2D eigenvalue weighted by Gasteiger charge is 2.42.